The van der Waals surface area contributed by atoms with Crippen LogP contribution in [0.1, 0.15) is 20.7 Å². The van der Waals surface area contributed by atoms with Crippen LogP contribution < -0.4 is 16.0 Å². The van der Waals surface area contributed by atoms with E-state index in [9.17, 15) is 9.59 Å². The molecule has 0 saturated carbocycles. The molecule has 0 aliphatic carbocycles. The van der Waals surface area contributed by atoms with E-state index in [4.69, 9.17) is 12.2 Å². The second-order valence-corrected chi connectivity index (χ2v) is 7.11. The van der Waals surface area contributed by atoms with E-state index in [1.165, 1.54) is 0 Å². The van der Waals surface area contributed by atoms with Gasteiger partial charge in [0.05, 0.1) is 11.3 Å². The summed E-state index contributed by atoms with van der Waals surface area (Å²) in [6, 6.07) is 23.1. The summed E-state index contributed by atoms with van der Waals surface area (Å²) in [7, 11) is 0. The molecule has 3 aromatic rings. The van der Waals surface area contributed by atoms with Gasteiger partial charge in [-0.2, -0.15) is 0 Å². The minimum atomic E-state index is -0.343. The van der Waals surface area contributed by atoms with Crippen molar-refractivity contribution in [3.05, 3.63) is 94.5 Å². The zero-order valence-corrected chi connectivity index (χ0v) is 17.0. The van der Waals surface area contributed by atoms with E-state index in [0.717, 1.165) is 4.47 Å². The highest BCUT2D eigenvalue weighted by molar-refractivity contribution is 9.10. The molecule has 3 rings (SSSR count). The van der Waals surface area contributed by atoms with Gasteiger partial charge in [-0.3, -0.25) is 14.9 Å². The molecule has 0 fully saturated rings. The topological polar surface area (TPSA) is 70.2 Å². The van der Waals surface area contributed by atoms with Crippen LogP contribution >= 0.6 is 28.1 Å². The Morgan fingerprint density at radius 2 is 1.50 bits per heavy atom. The summed E-state index contributed by atoms with van der Waals surface area (Å²) < 4.78 is 0.793. The number of rotatable bonds is 4. The van der Waals surface area contributed by atoms with Crippen LogP contribution in [0.4, 0.5) is 11.4 Å². The Morgan fingerprint density at radius 1 is 0.786 bits per heavy atom. The van der Waals surface area contributed by atoms with Gasteiger partial charge in [0.15, 0.2) is 5.11 Å². The number of amides is 2. The Hall–Kier alpha value is -3.03. The summed E-state index contributed by atoms with van der Waals surface area (Å²) in [5.74, 6) is -0.625. The number of nitrogens with one attached hydrogen (secondary N) is 3. The van der Waals surface area contributed by atoms with Crippen molar-refractivity contribution < 1.29 is 9.59 Å². The molecular weight excluding hydrogens is 438 g/mol. The van der Waals surface area contributed by atoms with Gasteiger partial charge in [-0.25, -0.2) is 0 Å². The molecule has 0 heterocycles. The van der Waals surface area contributed by atoms with E-state index >= 15 is 0 Å². The lowest BCUT2D eigenvalue weighted by Gasteiger charge is -2.13. The van der Waals surface area contributed by atoms with E-state index in [1.54, 1.807) is 54.6 Å². The number of halogens is 1. The number of carbonyl (C=O) groups excluding carboxylic acids is 2. The Bertz CT molecular complexity index is 1020. The molecule has 0 aromatic heterocycles. The summed E-state index contributed by atoms with van der Waals surface area (Å²) in [5.41, 5.74) is 2.06. The molecule has 7 heteroatoms. The minimum absolute atomic E-state index is 0.102. The summed E-state index contributed by atoms with van der Waals surface area (Å²) in [6.45, 7) is 0. The van der Waals surface area contributed by atoms with Gasteiger partial charge in [-0.05, 0) is 54.7 Å². The van der Waals surface area contributed by atoms with Crippen molar-refractivity contribution in [2.45, 2.75) is 0 Å². The number of benzene rings is 3. The number of anilines is 2. The van der Waals surface area contributed by atoms with E-state index in [-0.39, 0.29) is 16.9 Å². The second kappa shape index (κ2) is 9.25. The maximum absolute atomic E-state index is 12.6. The fraction of sp³-hybridized carbons (Fsp3) is 0. The molecule has 0 bridgehead atoms. The fourth-order valence-electron chi connectivity index (χ4n) is 2.47. The highest BCUT2D eigenvalue weighted by atomic mass is 79.9. The third-order valence-corrected chi connectivity index (χ3v) is 4.46. The molecule has 0 unspecified atom stereocenters. The van der Waals surface area contributed by atoms with Gasteiger partial charge in [0.2, 0.25) is 0 Å². The molecule has 0 saturated heterocycles. The quantitative estimate of drug-likeness (QED) is 0.494. The normalized spacial score (nSPS) is 10.0. The van der Waals surface area contributed by atoms with Gasteiger partial charge in [0.25, 0.3) is 11.8 Å². The molecule has 0 spiro atoms. The van der Waals surface area contributed by atoms with Crippen molar-refractivity contribution in [1.29, 1.82) is 0 Å². The van der Waals surface area contributed by atoms with E-state index in [2.05, 4.69) is 31.9 Å². The van der Waals surface area contributed by atoms with E-state index in [0.29, 0.717) is 22.5 Å². The third-order valence-electron chi connectivity index (χ3n) is 3.77. The van der Waals surface area contributed by atoms with Crippen LogP contribution in [0.3, 0.4) is 0 Å². The molecular formula is C21H16BrN3O2S. The van der Waals surface area contributed by atoms with Crippen LogP contribution in [-0.4, -0.2) is 16.9 Å². The monoisotopic (exact) mass is 453 g/mol. The summed E-state index contributed by atoms with van der Waals surface area (Å²) >= 11 is 8.56. The van der Waals surface area contributed by atoms with Gasteiger partial charge in [-0.15, -0.1) is 0 Å². The highest BCUT2D eigenvalue weighted by Gasteiger charge is 2.14. The standard InChI is InChI=1S/C21H16BrN3O2S/c22-15-8-6-7-14(13-15)19(26)25-21(28)24-18-12-5-4-11-17(18)20(27)23-16-9-2-1-3-10-16/h1-13H,(H,23,27)(H2,24,25,26,28). The summed E-state index contributed by atoms with van der Waals surface area (Å²) in [6.07, 6.45) is 0. The first-order chi connectivity index (χ1) is 13.5. The molecule has 3 aromatic carbocycles. The van der Waals surface area contributed by atoms with Crippen LogP contribution in [0.15, 0.2) is 83.3 Å². The molecule has 0 aliphatic rings. The van der Waals surface area contributed by atoms with Crippen molar-refractivity contribution in [2.24, 2.45) is 0 Å². The van der Waals surface area contributed by atoms with Crippen molar-refractivity contribution in [2.75, 3.05) is 10.6 Å². The van der Waals surface area contributed by atoms with Crippen LogP contribution in [-0.2, 0) is 0 Å². The van der Waals surface area contributed by atoms with Gasteiger partial charge in [0.1, 0.15) is 0 Å². The molecule has 140 valence electrons. The molecule has 0 aliphatic heterocycles. The molecule has 5 nitrogen and oxygen atoms in total. The predicted molar refractivity (Wildman–Crippen MR) is 119 cm³/mol. The molecule has 0 atom stereocenters. The van der Waals surface area contributed by atoms with E-state index < -0.39 is 0 Å². The first kappa shape index (κ1) is 19.7. The maximum Gasteiger partial charge on any atom is 0.257 e. The molecule has 2 amide bonds. The van der Waals surface area contributed by atoms with Crippen molar-refractivity contribution in [3.63, 3.8) is 0 Å². The zero-order valence-electron chi connectivity index (χ0n) is 14.6. The van der Waals surface area contributed by atoms with Gasteiger partial charge in [0, 0.05) is 15.7 Å². The van der Waals surface area contributed by atoms with E-state index in [1.807, 2.05) is 24.3 Å². The lowest BCUT2D eigenvalue weighted by Crippen LogP contribution is -2.34. The van der Waals surface area contributed by atoms with Crippen molar-refractivity contribution in [3.8, 4) is 0 Å². The van der Waals surface area contributed by atoms with Crippen molar-refractivity contribution in [1.82, 2.24) is 5.32 Å². The fourth-order valence-corrected chi connectivity index (χ4v) is 3.07. The number of hydrogen-bond donors (Lipinski definition) is 3. The van der Waals surface area contributed by atoms with Gasteiger partial charge in [-0.1, -0.05) is 52.3 Å². The first-order valence-electron chi connectivity index (χ1n) is 8.36. The molecule has 28 heavy (non-hydrogen) atoms. The number of hydrogen-bond acceptors (Lipinski definition) is 3. The molecule has 3 N–H and O–H groups in total. The largest absolute Gasteiger partial charge is 0.332 e. The number of carbonyl (C=O) groups is 2. The van der Waals surface area contributed by atoms with Gasteiger partial charge >= 0.3 is 0 Å². The highest BCUT2D eigenvalue weighted by Crippen LogP contribution is 2.17. The van der Waals surface area contributed by atoms with Crippen LogP contribution in [0.5, 0.6) is 0 Å². The van der Waals surface area contributed by atoms with Crippen LogP contribution in [0.25, 0.3) is 0 Å². The number of para-hydroxylation sites is 2. The summed E-state index contributed by atoms with van der Waals surface area (Å²) in [4.78, 5) is 24.9. The molecule has 0 radical (unpaired) electrons. The second-order valence-electron chi connectivity index (χ2n) is 5.78. The Morgan fingerprint density at radius 3 is 2.25 bits per heavy atom. The van der Waals surface area contributed by atoms with Crippen LogP contribution in [0.2, 0.25) is 0 Å². The SMILES string of the molecule is O=C(NC(=S)Nc1ccccc1C(=O)Nc1ccccc1)c1cccc(Br)c1. The average Bonchev–Trinajstić information content (AvgIpc) is 2.69. The third kappa shape index (κ3) is 5.25. The Labute approximate surface area is 176 Å². The number of thiocarbonyl (C=S) groups is 1. The average molecular weight is 454 g/mol. The lowest BCUT2D eigenvalue weighted by molar-refractivity contribution is 0.0976. The van der Waals surface area contributed by atoms with Gasteiger partial charge < -0.3 is 10.6 Å². The first-order valence-corrected chi connectivity index (χ1v) is 9.56. The van der Waals surface area contributed by atoms with Crippen molar-refractivity contribution >= 4 is 56.4 Å². The smallest absolute Gasteiger partial charge is 0.257 e. The lowest BCUT2D eigenvalue weighted by atomic mass is 10.1. The Balaban J connectivity index is 1.69. The van der Waals surface area contributed by atoms with Crippen LogP contribution in [0, 0.1) is 0 Å². The minimum Gasteiger partial charge on any atom is -0.332 e. The Kier molecular flexibility index (Phi) is 6.52. The maximum atomic E-state index is 12.6. The zero-order chi connectivity index (χ0) is 19.9. The predicted octanol–water partition coefficient (Wildman–Crippen LogP) is 4.83. The summed E-state index contributed by atoms with van der Waals surface area (Å²) in [5, 5.41) is 8.47.